The number of carbonyl (C=O) groups excluding carboxylic acids is 1. The van der Waals surface area contributed by atoms with Crippen LogP contribution in [0.4, 0.5) is 4.79 Å². The van der Waals surface area contributed by atoms with Crippen molar-refractivity contribution in [3.05, 3.63) is 12.2 Å². The Hall–Kier alpha value is -0.990. The van der Waals surface area contributed by atoms with Gasteiger partial charge in [0.25, 0.3) is 0 Å². The Kier molecular flexibility index (Phi) is 2.48. The van der Waals surface area contributed by atoms with Gasteiger partial charge in [0.05, 0.1) is 0 Å². The second kappa shape index (κ2) is 3.64. The second-order valence-corrected chi connectivity index (χ2v) is 4.66. The van der Waals surface area contributed by atoms with E-state index in [1.165, 1.54) is 6.42 Å². The zero-order valence-corrected chi connectivity index (χ0v) is 8.79. The van der Waals surface area contributed by atoms with Gasteiger partial charge < -0.3 is 10.6 Å². The summed E-state index contributed by atoms with van der Waals surface area (Å²) in [7, 11) is 0. The third kappa shape index (κ3) is 1.91. The van der Waals surface area contributed by atoms with Gasteiger partial charge in [-0.2, -0.15) is 0 Å². The van der Waals surface area contributed by atoms with E-state index in [2.05, 4.69) is 22.8 Å². The molecule has 14 heavy (non-hydrogen) atoms. The van der Waals surface area contributed by atoms with Crippen molar-refractivity contribution in [1.82, 2.24) is 10.6 Å². The minimum Gasteiger partial charge on any atom is -0.336 e. The van der Waals surface area contributed by atoms with Crippen LogP contribution in [0.2, 0.25) is 0 Å². The van der Waals surface area contributed by atoms with Gasteiger partial charge in [-0.25, -0.2) is 4.79 Å². The number of allylic oxidation sites excluding steroid dienone is 1. The van der Waals surface area contributed by atoms with E-state index < -0.39 is 0 Å². The molecule has 3 heteroatoms. The minimum absolute atomic E-state index is 0.0223. The maximum Gasteiger partial charge on any atom is 0.315 e. The predicted molar refractivity (Wildman–Crippen MR) is 55.9 cm³/mol. The van der Waals surface area contributed by atoms with Crippen LogP contribution in [0, 0.1) is 11.8 Å². The van der Waals surface area contributed by atoms with Gasteiger partial charge in [-0.1, -0.05) is 12.2 Å². The number of amides is 2. The first-order chi connectivity index (χ1) is 6.65. The molecule has 0 saturated heterocycles. The standard InChI is InChI=1S/C11H18N2O/c1-7(2)12-11(14)13-10-6-8-3-4-9(10)5-8/h3-4,7-10H,5-6H2,1-2H3,(H2,12,13,14). The fourth-order valence-corrected chi connectivity index (χ4v) is 2.42. The highest BCUT2D eigenvalue weighted by molar-refractivity contribution is 5.74. The van der Waals surface area contributed by atoms with Crippen molar-refractivity contribution in [3.8, 4) is 0 Å². The quantitative estimate of drug-likeness (QED) is 0.645. The van der Waals surface area contributed by atoms with Crippen molar-refractivity contribution >= 4 is 6.03 Å². The molecule has 1 saturated carbocycles. The average molecular weight is 194 g/mol. The first kappa shape index (κ1) is 9.56. The van der Waals surface area contributed by atoms with E-state index in [-0.39, 0.29) is 12.1 Å². The van der Waals surface area contributed by atoms with Crippen LogP contribution in [0.25, 0.3) is 0 Å². The Balaban J connectivity index is 1.81. The van der Waals surface area contributed by atoms with Crippen molar-refractivity contribution in [3.63, 3.8) is 0 Å². The monoisotopic (exact) mass is 194 g/mol. The summed E-state index contributed by atoms with van der Waals surface area (Å²) in [6, 6.07) is 0.554. The van der Waals surface area contributed by atoms with E-state index in [4.69, 9.17) is 0 Å². The molecule has 2 N–H and O–H groups in total. The summed E-state index contributed by atoms with van der Waals surface area (Å²) in [5, 5.41) is 5.90. The molecule has 78 valence electrons. The summed E-state index contributed by atoms with van der Waals surface area (Å²) >= 11 is 0. The molecule has 3 nitrogen and oxygen atoms in total. The molecule has 0 aromatic heterocycles. The maximum absolute atomic E-state index is 11.4. The number of hydrogen-bond acceptors (Lipinski definition) is 1. The largest absolute Gasteiger partial charge is 0.336 e. The van der Waals surface area contributed by atoms with Crippen molar-refractivity contribution < 1.29 is 4.79 Å². The van der Waals surface area contributed by atoms with Gasteiger partial charge >= 0.3 is 6.03 Å². The van der Waals surface area contributed by atoms with Crippen LogP contribution in [0.1, 0.15) is 26.7 Å². The predicted octanol–water partition coefficient (Wildman–Crippen LogP) is 1.66. The molecule has 0 aromatic carbocycles. The fraction of sp³-hybridized carbons (Fsp3) is 0.727. The van der Waals surface area contributed by atoms with Crippen molar-refractivity contribution in [2.24, 2.45) is 11.8 Å². The molecular formula is C11H18N2O. The van der Waals surface area contributed by atoms with Crippen LogP contribution >= 0.6 is 0 Å². The van der Waals surface area contributed by atoms with E-state index in [9.17, 15) is 4.79 Å². The lowest BCUT2D eigenvalue weighted by molar-refractivity contribution is 0.232. The normalized spacial score (nSPS) is 33.8. The molecule has 3 unspecified atom stereocenters. The molecule has 2 aliphatic carbocycles. The van der Waals surface area contributed by atoms with Crippen LogP contribution < -0.4 is 10.6 Å². The van der Waals surface area contributed by atoms with Crippen LogP contribution in [0.15, 0.2) is 12.2 Å². The van der Waals surface area contributed by atoms with Gasteiger partial charge in [0.2, 0.25) is 0 Å². The third-order valence-corrected chi connectivity index (χ3v) is 3.02. The molecule has 0 aromatic rings. The van der Waals surface area contributed by atoms with Crippen LogP contribution in [0.5, 0.6) is 0 Å². The molecule has 2 rings (SSSR count). The molecule has 0 aliphatic heterocycles. The van der Waals surface area contributed by atoms with Gasteiger partial charge in [0, 0.05) is 12.1 Å². The molecule has 3 atom stereocenters. The van der Waals surface area contributed by atoms with E-state index in [0.717, 1.165) is 6.42 Å². The number of rotatable bonds is 2. The zero-order chi connectivity index (χ0) is 10.1. The summed E-state index contributed by atoms with van der Waals surface area (Å²) in [4.78, 5) is 11.4. The van der Waals surface area contributed by atoms with E-state index in [1.807, 2.05) is 13.8 Å². The smallest absolute Gasteiger partial charge is 0.315 e. The summed E-state index contributed by atoms with van der Waals surface area (Å²) in [5.74, 6) is 1.29. The minimum atomic E-state index is -0.0223. The van der Waals surface area contributed by atoms with Crippen molar-refractivity contribution in [2.75, 3.05) is 0 Å². The summed E-state index contributed by atoms with van der Waals surface area (Å²) in [6.45, 7) is 3.95. The van der Waals surface area contributed by atoms with Gasteiger partial charge in [0.1, 0.15) is 0 Å². The first-order valence-electron chi connectivity index (χ1n) is 5.40. The van der Waals surface area contributed by atoms with Crippen molar-refractivity contribution in [2.45, 2.75) is 38.8 Å². The highest BCUT2D eigenvalue weighted by Crippen LogP contribution is 2.38. The van der Waals surface area contributed by atoms with Crippen molar-refractivity contribution in [1.29, 1.82) is 0 Å². The zero-order valence-electron chi connectivity index (χ0n) is 8.79. The Morgan fingerprint density at radius 3 is 2.64 bits per heavy atom. The van der Waals surface area contributed by atoms with Crippen LogP contribution in [0.3, 0.4) is 0 Å². The van der Waals surface area contributed by atoms with E-state index in [0.29, 0.717) is 17.9 Å². The Labute approximate surface area is 84.9 Å². The topological polar surface area (TPSA) is 41.1 Å². The highest BCUT2D eigenvalue weighted by Gasteiger charge is 2.36. The Morgan fingerprint density at radius 1 is 1.36 bits per heavy atom. The number of urea groups is 1. The van der Waals surface area contributed by atoms with Gasteiger partial charge in [-0.3, -0.25) is 0 Å². The van der Waals surface area contributed by atoms with Gasteiger partial charge in [-0.15, -0.1) is 0 Å². The number of carbonyl (C=O) groups is 1. The third-order valence-electron chi connectivity index (χ3n) is 3.02. The molecular weight excluding hydrogens is 176 g/mol. The van der Waals surface area contributed by atoms with Gasteiger partial charge in [0.15, 0.2) is 0 Å². The van der Waals surface area contributed by atoms with E-state index in [1.54, 1.807) is 0 Å². The molecule has 2 aliphatic rings. The second-order valence-electron chi connectivity index (χ2n) is 4.66. The lowest BCUT2D eigenvalue weighted by Crippen LogP contribution is -2.46. The van der Waals surface area contributed by atoms with Crippen LogP contribution in [-0.2, 0) is 0 Å². The number of nitrogens with one attached hydrogen (secondary N) is 2. The van der Waals surface area contributed by atoms with Crippen LogP contribution in [-0.4, -0.2) is 18.1 Å². The fourth-order valence-electron chi connectivity index (χ4n) is 2.42. The summed E-state index contributed by atoms with van der Waals surface area (Å²) in [6.07, 6.45) is 6.87. The number of hydrogen-bond donors (Lipinski definition) is 2. The maximum atomic E-state index is 11.4. The molecule has 0 spiro atoms. The molecule has 2 bridgehead atoms. The number of fused-ring (bicyclic) bond motifs is 2. The van der Waals surface area contributed by atoms with Gasteiger partial charge in [-0.05, 0) is 38.5 Å². The summed E-state index contributed by atoms with van der Waals surface area (Å²) < 4.78 is 0. The van der Waals surface area contributed by atoms with E-state index >= 15 is 0 Å². The first-order valence-corrected chi connectivity index (χ1v) is 5.40. The molecule has 1 fully saturated rings. The lowest BCUT2D eigenvalue weighted by atomic mass is 10.0. The SMILES string of the molecule is CC(C)NC(=O)NC1CC2C=CC1C2. The molecule has 2 amide bonds. The Bertz CT molecular complexity index is 260. The highest BCUT2D eigenvalue weighted by atomic mass is 16.2. The molecule has 0 heterocycles. The lowest BCUT2D eigenvalue weighted by Gasteiger charge is -2.20. The Morgan fingerprint density at radius 2 is 2.14 bits per heavy atom. The molecule has 0 radical (unpaired) electrons. The average Bonchev–Trinajstić information content (AvgIpc) is 2.62. The summed E-state index contributed by atoms with van der Waals surface area (Å²) in [5.41, 5.74) is 0.